The number of rotatable bonds is 1. The fourth-order valence-corrected chi connectivity index (χ4v) is 0.110. The van der Waals surface area contributed by atoms with Crippen LogP contribution in [0.3, 0.4) is 0 Å². The summed E-state index contributed by atoms with van der Waals surface area (Å²) in [4.78, 5) is 2.42. The fourth-order valence-electron chi connectivity index (χ4n) is 0.0365. The third kappa shape index (κ3) is 3.59. The molecule has 0 aromatic carbocycles. The van der Waals surface area contributed by atoms with Gasteiger partial charge in [-0.05, 0) is 10.4 Å². The second-order valence-electron chi connectivity index (χ2n) is 0.413. The first kappa shape index (κ1) is 4.59. The number of azide groups is 1. The van der Waals surface area contributed by atoms with E-state index in [4.69, 9.17) is 13.0 Å². The first-order chi connectivity index (χ1) is 2.41. The molecule has 0 aliphatic heterocycles. The van der Waals surface area contributed by atoms with Crippen LogP contribution in [0.5, 0.6) is 0 Å². The van der Waals surface area contributed by atoms with Crippen molar-refractivity contribution < 1.29 is 0 Å². The van der Waals surface area contributed by atoms with E-state index < -0.39 is 9.55 Å². The van der Waals surface area contributed by atoms with Gasteiger partial charge in [0, 0.05) is 0 Å². The molecule has 0 unspecified atom stereocenters. The largest absolute Gasteiger partial charge is 0.141 e. The van der Waals surface area contributed by atoms with Gasteiger partial charge in [-0.3, -0.25) is 0 Å². The Labute approximate surface area is 33.3 Å². The lowest BCUT2D eigenvalue weighted by Gasteiger charge is -1.55. The van der Waals surface area contributed by atoms with Crippen LogP contribution in [0.15, 0.2) is 4.78 Å². The molecule has 0 heterocycles. The molecule has 3 nitrogen and oxygen atoms in total. The lowest BCUT2D eigenvalue weighted by atomic mass is 10.8. The molecule has 0 atom stereocenters. The summed E-state index contributed by atoms with van der Waals surface area (Å²) < 4.78 is 3.07. The molecular weight excluding hydrogens is 80.9 g/mol. The Balaban J connectivity index is 2.93. The summed E-state index contributed by atoms with van der Waals surface area (Å²) in [6.07, 6.45) is 0. The van der Waals surface area contributed by atoms with Crippen molar-refractivity contribution in [3.63, 3.8) is 0 Å². The quantitative estimate of drug-likeness (QED) is 0.177. The van der Waals surface area contributed by atoms with Crippen molar-refractivity contribution in [3.8, 4) is 0 Å². The van der Waals surface area contributed by atoms with Gasteiger partial charge in [-0.1, -0.05) is 0 Å². The van der Waals surface area contributed by atoms with Crippen molar-refractivity contribution in [2.75, 3.05) is 0 Å². The molecule has 0 spiro atoms. The monoisotopic (exact) mass is 83.0 g/mol. The molecule has 0 bridgehead atoms. The highest BCUT2D eigenvalue weighted by molar-refractivity contribution is 6.88. The molecule has 0 aliphatic carbocycles. The molecule has 0 amide bonds. The first-order valence-electron chi connectivity index (χ1n) is 1.12. The van der Waals surface area contributed by atoms with Gasteiger partial charge >= 0.3 is 0 Å². The van der Waals surface area contributed by atoms with Crippen LogP contribution in [0, 0.1) is 0 Å². The van der Waals surface area contributed by atoms with Crippen molar-refractivity contribution in [1.82, 2.24) is 0 Å². The van der Waals surface area contributed by atoms with Crippen molar-refractivity contribution in [1.29, 1.82) is 0 Å². The van der Waals surface area contributed by atoms with Gasteiger partial charge in [-0.2, -0.15) is 0 Å². The molecule has 0 aliphatic rings. The molecule has 0 fully saturated rings. The van der Waals surface area contributed by atoms with E-state index in [1.165, 1.54) is 0 Å². The van der Waals surface area contributed by atoms with Gasteiger partial charge in [-0.15, -0.1) is 4.78 Å². The van der Waals surface area contributed by atoms with Crippen molar-refractivity contribution in [3.05, 3.63) is 10.4 Å². The first-order valence-corrected chi connectivity index (χ1v) is 2.57. The summed E-state index contributed by atoms with van der Waals surface area (Å²) in [6, 6.07) is 0. The van der Waals surface area contributed by atoms with Crippen molar-refractivity contribution in [2.24, 2.45) is 4.78 Å². The minimum absolute atomic E-state index is 0.878. The maximum atomic E-state index is 7.48. The van der Waals surface area contributed by atoms with E-state index in [-0.39, 0.29) is 0 Å². The number of hydrogen-bond acceptors (Lipinski definition) is 1. The zero-order valence-corrected chi connectivity index (χ0v) is 4.04. The van der Waals surface area contributed by atoms with Gasteiger partial charge in [0.05, 0.1) is 17.0 Å². The Morgan fingerprint density at radius 3 is 2.60 bits per heavy atom. The Kier molecular flexibility index (Phi) is 3.30. The van der Waals surface area contributed by atoms with E-state index in [1.54, 1.807) is 0 Å². The van der Waals surface area contributed by atoms with Crippen LogP contribution in [-0.2, 0) is 0 Å². The number of hydrogen-bond donors (Lipinski definition) is 0. The summed E-state index contributed by atoms with van der Waals surface area (Å²) in [5.41, 5.74) is 7.48. The molecule has 0 saturated heterocycles. The topological polar surface area (TPSA) is 48.8 Å². The van der Waals surface area contributed by atoms with Gasteiger partial charge in [0.1, 0.15) is 0 Å². The smallest absolute Gasteiger partial charge is 0.0793 e. The van der Waals surface area contributed by atoms with Crippen LogP contribution < -0.4 is 0 Å². The highest BCUT2D eigenvalue weighted by Crippen LogP contribution is 1.52. The zero-order valence-electron chi connectivity index (χ0n) is 2.63. The van der Waals surface area contributed by atoms with Crippen LogP contribution in [-0.4, -0.2) is 17.0 Å². The molecule has 0 saturated carbocycles. The maximum absolute atomic E-state index is 7.48. The molecule has 5 heavy (non-hydrogen) atoms. The van der Waals surface area contributed by atoms with Crippen LogP contribution >= 0.6 is 0 Å². The number of nitrogens with zero attached hydrogens (tertiary/aromatic N) is 3. The lowest BCUT2D eigenvalue weighted by Crippen LogP contribution is -1.73. The van der Waals surface area contributed by atoms with E-state index in [2.05, 4.69) is 9.69 Å². The average molecular weight is 82.9 g/mol. The molecule has 0 N–H and O–H groups in total. The van der Waals surface area contributed by atoms with Gasteiger partial charge in [0.2, 0.25) is 0 Å². The maximum Gasteiger partial charge on any atom is 0.0793 e. The van der Waals surface area contributed by atoms with E-state index in [0.29, 0.717) is 0 Å². The van der Waals surface area contributed by atoms with Crippen LogP contribution in [0.4, 0.5) is 0 Å². The molecule has 24 valence electrons. The lowest BCUT2D eigenvalue weighted by molar-refractivity contribution is 1.77. The van der Waals surface area contributed by atoms with Gasteiger partial charge < -0.3 is 0 Å². The Morgan fingerprint density at radius 1 is 2.00 bits per heavy atom. The molecule has 5 heteroatoms. The normalized spacial score (nSPS) is 8.00. The standard InChI is InChI=1S/BH2N3Si/c1-5-4-3-2/h5H2. The van der Waals surface area contributed by atoms with E-state index >= 15 is 0 Å². The Morgan fingerprint density at radius 2 is 2.60 bits per heavy atom. The van der Waals surface area contributed by atoms with Crippen molar-refractivity contribution in [2.45, 2.75) is 0 Å². The molecule has 0 aromatic heterocycles. The summed E-state index contributed by atoms with van der Waals surface area (Å²) in [5.74, 6) is 0. The van der Waals surface area contributed by atoms with E-state index in [9.17, 15) is 0 Å². The van der Waals surface area contributed by atoms with E-state index in [1.807, 2.05) is 0 Å². The predicted octanol–water partition coefficient (Wildman–Crippen LogP) is -0.536. The summed E-state index contributed by atoms with van der Waals surface area (Å²) in [7, 11) is 3.98. The minimum atomic E-state index is -0.878. The molecule has 0 aromatic rings. The van der Waals surface area contributed by atoms with Crippen molar-refractivity contribution >= 4 is 17.0 Å². The summed E-state index contributed by atoms with van der Waals surface area (Å²) >= 11 is 0. The summed E-state index contributed by atoms with van der Waals surface area (Å²) in [6.45, 7) is 0. The molecule has 2 radical (unpaired) electrons. The molecule has 0 rings (SSSR count). The minimum Gasteiger partial charge on any atom is -0.141 e. The summed E-state index contributed by atoms with van der Waals surface area (Å²) in [5, 5.41) is 0. The van der Waals surface area contributed by atoms with Crippen LogP contribution in [0.1, 0.15) is 0 Å². The highest BCUT2D eigenvalue weighted by atomic mass is 28.2. The third-order valence-electron chi connectivity index (χ3n) is 0.145. The average Bonchev–Trinajstić information content (AvgIpc) is 1.41. The predicted molar refractivity (Wildman–Crippen MR) is 23.4 cm³/mol. The second kappa shape index (κ2) is 3.59. The second-order valence-corrected chi connectivity index (χ2v) is 1.06. The Bertz CT molecular complexity index is 53.9. The molecular formula is H2BN3Si. The van der Waals surface area contributed by atoms with Gasteiger partial charge in [-0.25, -0.2) is 0 Å². The SMILES string of the molecule is [B][SiH2]N=[N+]=[N-]. The third-order valence-corrected chi connectivity index (χ3v) is 0.435. The van der Waals surface area contributed by atoms with Gasteiger partial charge in [0.15, 0.2) is 0 Å². The Hall–Kier alpha value is -0.408. The fraction of sp³-hybridized carbons (Fsp3) is 0. The zero-order chi connectivity index (χ0) is 4.12. The van der Waals surface area contributed by atoms with Crippen LogP contribution in [0.25, 0.3) is 10.4 Å². The highest BCUT2D eigenvalue weighted by Gasteiger charge is 1.54. The van der Waals surface area contributed by atoms with E-state index in [0.717, 1.165) is 0 Å². The van der Waals surface area contributed by atoms with Crippen LogP contribution in [0.2, 0.25) is 0 Å². The van der Waals surface area contributed by atoms with Gasteiger partial charge in [0.25, 0.3) is 0 Å².